The van der Waals surface area contributed by atoms with Gasteiger partial charge in [0.25, 0.3) is 5.91 Å². The van der Waals surface area contributed by atoms with E-state index in [4.69, 9.17) is 9.84 Å². The molecule has 1 N–H and O–H groups in total. The van der Waals surface area contributed by atoms with Gasteiger partial charge in [0.05, 0.1) is 18.9 Å². The molecule has 0 spiro atoms. The lowest BCUT2D eigenvalue weighted by molar-refractivity contribution is -0.152. The van der Waals surface area contributed by atoms with Gasteiger partial charge < -0.3 is 14.7 Å². The zero-order valence-electron chi connectivity index (χ0n) is 22.1. The summed E-state index contributed by atoms with van der Waals surface area (Å²) in [5.74, 6) is -0.950. The van der Waals surface area contributed by atoms with Gasteiger partial charge in [-0.25, -0.2) is 9.80 Å². The molecule has 0 unspecified atom stereocenters. The van der Waals surface area contributed by atoms with Crippen molar-refractivity contribution in [2.45, 2.75) is 62.8 Å². The second kappa shape index (κ2) is 11.6. The number of benzene rings is 2. The molecule has 204 valence electrons. The zero-order valence-corrected chi connectivity index (χ0v) is 22.9. The monoisotopic (exact) mass is 548 g/mol. The first-order valence-corrected chi connectivity index (χ1v) is 14.2. The predicted octanol–water partition coefficient (Wildman–Crippen LogP) is 4.26. The van der Waals surface area contributed by atoms with E-state index in [1.165, 1.54) is 22.2 Å². The van der Waals surface area contributed by atoms with Gasteiger partial charge >= 0.3 is 5.97 Å². The highest BCUT2D eigenvalue weighted by Gasteiger charge is 2.41. The van der Waals surface area contributed by atoms with Crippen LogP contribution in [0.4, 0.5) is 0 Å². The molecule has 10 heteroatoms. The van der Waals surface area contributed by atoms with Crippen LogP contribution >= 0.6 is 11.8 Å². The van der Waals surface area contributed by atoms with E-state index in [1.807, 2.05) is 24.3 Å². The van der Waals surface area contributed by atoms with E-state index in [2.05, 4.69) is 36.2 Å². The van der Waals surface area contributed by atoms with Crippen LogP contribution in [0.2, 0.25) is 0 Å². The van der Waals surface area contributed by atoms with Gasteiger partial charge in [0.1, 0.15) is 17.0 Å². The van der Waals surface area contributed by atoms with Gasteiger partial charge in [-0.3, -0.25) is 9.59 Å². The number of aliphatic imine (C=N–C) groups is 1. The van der Waals surface area contributed by atoms with Gasteiger partial charge in [0.15, 0.2) is 5.17 Å². The van der Waals surface area contributed by atoms with E-state index in [-0.39, 0.29) is 24.3 Å². The highest BCUT2D eigenvalue weighted by atomic mass is 32.2. The summed E-state index contributed by atoms with van der Waals surface area (Å²) in [4.78, 5) is 43.4. The van der Waals surface area contributed by atoms with Crippen LogP contribution < -0.4 is 4.74 Å². The fourth-order valence-corrected chi connectivity index (χ4v) is 6.30. The summed E-state index contributed by atoms with van der Waals surface area (Å²) in [7, 11) is 1.63. The Morgan fingerprint density at radius 3 is 2.51 bits per heavy atom. The molecule has 0 saturated carbocycles. The third kappa shape index (κ3) is 5.71. The minimum atomic E-state index is -1.00. The number of carbonyl (C=O) groups is 3. The van der Waals surface area contributed by atoms with Crippen molar-refractivity contribution in [2.24, 2.45) is 10.1 Å². The molecule has 0 bridgehead atoms. The van der Waals surface area contributed by atoms with Crippen LogP contribution in [0.25, 0.3) is 0 Å². The normalized spacial score (nSPS) is 23.0. The van der Waals surface area contributed by atoms with Crippen molar-refractivity contribution in [1.82, 2.24) is 9.91 Å². The summed E-state index contributed by atoms with van der Waals surface area (Å²) in [5.41, 5.74) is 4.13. The molecule has 2 amide bonds. The van der Waals surface area contributed by atoms with Crippen LogP contribution in [0, 0.1) is 0 Å². The number of carbonyl (C=O) groups excluding carboxylic acids is 2. The van der Waals surface area contributed by atoms with Crippen molar-refractivity contribution in [3.63, 3.8) is 0 Å². The zero-order chi connectivity index (χ0) is 27.5. The molecule has 3 aliphatic heterocycles. The van der Waals surface area contributed by atoms with Gasteiger partial charge in [-0.15, -0.1) is 0 Å². The number of hydrogen-bond donors (Lipinski definition) is 1. The van der Waals surface area contributed by atoms with E-state index < -0.39 is 17.3 Å². The predicted molar refractivity (Wildman–Crippen MR) is 150 cm³/mol. The molecular formula is C29H32N4O5S. The standard InChI is InChI=1S/C29H32N4O5S/c1-3-18-7-9-20(10-8-18)24-16-22(19-11-13-21(38-2)14-12-19)31-33(24)29-30-27(35)25(39-29)17-26(34)32-15-5-4-6-23(32)28(36)37/h7-14,23-25H,3-6,15-17H2,1-2H3,(H,36,37)/t23-,24-,25-/m0/s1. The van der Waals surface area contributed by atoms with Crippen molar-refractivity contribution in [1.29, 1.82) is 0 Å². The number of amidine groups is 1. The Balaban J connectivity index is 1.37. The smallest absolute Gasteiger partial charge is 0.326 e. The van der Waals surface area contributed by atoms with Gasteiger partial charge in [-0.2, -0.15) is 10.1 Å². The molecule has 0 aromatic heterocycles. The summed E-state index contributed by atoms with van der Waals surface area (Å²) in [6, 6.07) is 15.1. The number of carboxylic acid groups (broad SMARTS) is 1. The highest BCUT2D eigenvalue weighted by Crippen LogP contribution is 2.39. The van der Waals surface area contributed by atoms with E-state index in [0.717, 1.165) is 41.9 Å². The minimum absolute atomic E-state index is 0.0843. The van der Waals surface area contributed by atoms with Crippen molar-refractivity contribution in [3.05, 3.63) is 65.2 Å². The third-order valence-electron chi connectivity index (χ3n) is 7.50. The number of thioether (sulfide) groups is 1. The minimum Gasteiger partial charge on any atom is -0.497 e. The quantitative estimate of drug-likeness (QED) is 0.550. The summed E-state index contributed by atoms with van der Waals surface area (Å²) >= 11 is 1.23. The van der Waals surface area contributed by atoms with Gasteiger partial charge in [0.2, 0.25) is 5.91 Å². The first-order valence-electron chi connectivity index (χ1n) is 13.3. The van der Waals surface area contributed by atoms with Crippen LogP contribution in [0.3, 0.4) is 0 Å². The molecule has 5 rings (SSSR count). The third-order valence-corrected chi connectivity index (χ3v) is 8.64. The molecule has 39 heavy (non-hydrogen) atoms. The number of carboxylic acids is 1. The van der Waals surface area contributed by atoms with Crippen LogP contribution in [-0.2, 0) is 20.8 Å². The Hall–Kier alpha value is -3.66. The number of piperidine rings is 1. The number of nitrogens with zero attached hydrogens (tertiary/aromatic N) is 4. The molecule has 3 aliphatic rings. The highest BCUT2D eigenvalue weighted by molar-refractivity contribution is 8.15. The molecule has 0 aliphatic carbocycles. The Labute approximate surface area is 231 Å². The molecule has 0 radical (unpaired) electrons. The average molecular weight is 549 g/mol. The van der Waals surface area contributed by atoms with Crippen LogP contribution in [-0.4, -0.2) is 68.6 Å². The molecule has 1 saturated heterocycles. The second-order valence-corrected chi connectivity index (χ2v) is 11.1. The van der Waals surface area contributed by atoms with E-state index in [9.17, 15) is 19.5 Å². The lowest BCUT2D eigenvalue weighted by Gasteiger charge is -2.33. The molecule has 2 aromatic carbocycles. The van der Waals surface area contributed by atoms with E-state index in [0.29, 0.717) is 24.6 Å². The fourth-order valence-electron chi connectivity index (χ4n) is 5.25. The summed E-state index contributed by atoms with van der Waals surface area (Å²) in [5, 5.41) is 16.0. The molecule has 2 aromatic rings. The van der Waals surface area contributed by atoms with Crippen molar-refractivity contribution in [3.8, 4) is 5.75 Å². The number of ether oxygens (including phenoxy) is 1. The molecular weight excluding hydrogens is 516 g/mol. The van der Waals surface area contributed by atoms with Gasteiger partial charge in [0, 0.05) is 19.4 Å². The number of rotatable bonds is 7. The van der Waals surface area contributed by atoms with Gasteiger partial charge in [-0.1, -0.05) is 43.0 Å². The first kappa shape index (κ1) is 26.9. The van der Waals surface area contributed by atoms with Crippen LogP contribution in [0.1, 0.15) is 61.8 Å². The number of hydrazone groups is 1. The average Bonchev–Trinajstić information content (AvgIpc) is 3.57. The fraction of sp³-hybridized carbons (Fsp3) is 0.414. The SMILES string of the molecule is CCc1ccc([C@@H]2CC(c3ccc(OC)cc3)=NN2C2=NC(=O)[C@H](CC(=O)N3CCCC[C@H]3C(=O)O)S2)cc1. The summed E-state index contributed by atoms with van der Waals surface area (Å²) < 4.78 is 5.29. The maximum Gasteiger partial charge on any atom is 0.326 e. The number of hydrogen-bond acceptors (Lipinski definition) is 7. The maximum absolute atomic E-state index is 13.1. The Morgan fingerprint density at radius 2 is 1.85 bits per heavy atom. The topological polar surface area (TPSA) is 112 Å². The van der Waals surface area contributed by atoms with E-state index >= 15 is 0 Å². The number of likely N-dealkylation sites (tertiary alicyclic amines) is 1. The molecule has 3 heterocycles. The van der Waals surface area contributed by atoms with Crippen molar-refractivity contribution in [2.75, 3.05) is 13.7 Å². The van der Waals surface area contributed by atoms with Gasteiger partial charge in [-0.05, 0) is 66.6 Å². The molecule has 3 atom stereocenters. The number of aliphatic carboxylic acids is 1. The Morgan fingerprint density at radius 1 is 1.10 bits per heavy atom. The van der Waals surface area contributed by atoms with Crippen molar-refractivity contribution < 1.29 is 24.2 Å². The van der Waals surface area contributed by atoms with Crippen LogP contribution in [0.15, 0.2) is 58.6 Å². The lowest BCUT2D eigenvalue weighted by atomic mass is 9.97. The summed E-state index contributed by atoms with van der Waals surface area (Å²) in [6.07, 6.45) is 3.45. The molecule has 9 nitrogen and oxygen atoms in total. The maximum atomic E-state index is 13.1. The summed E-state index contributed by atoms with van der Waals surface area (Å²) in [6.45, 7) is 2.51. The Kier molecular flexibility index (Phi) is 8.02. The first-order chi connectivity index (χ1) is 18.9. The van der Waals surface area contributed by atoms with Crippen LogP contribution in [0.5, 0.6) is 5.75 Å². The van der Waals surface area contributed by atoms with E-state index in [1.54, 1.807) is 12.1 Å². The lowest BCUT2D eigenvalue weighted by Crippen LogP contribution is -2.48. The molecule has 1 fully saturated rings. The van der Waals surface area contributed by atoms with Crippen molar-refractivity contribution >= 4 is 40.4 Å². The number of aryl methyl sites for hydroxylation is 1. The largest absolute Gasteiger partial charge is 0.497 e. The Bertz CT molecular complexity index is 1310. The number of methoxy groups -OCH3 is 1. The second-order valence-electron chi connectivity index (χ2n) is 9.92. The number of amides is 2.